The molecule has 1 heterocycles. The van der Waals surface area contributed by atoms with Crippen molar-refractivity contribution in [3.05, 3.63) is 42.2 Å². The second-order valence-corrected chi connectivity index (χ2v) is 3.24. The van der Waals surface area contributed by atoms with E-state index in [4.69, 9.17) is 5.73 Å². The maximum atomic E-state index is 13.2. The van der Waals surface area contributed by atoms with E-state index in [1.165, 1.54) is 6.07 Å². The summed E-state index contributed by atoms with van der Waals surface area (Å²) in [7, 11) is 0. The van der Waals surface area contributed by atoms with E-state index in [0.29, 0.717) is 5.69 Å². The highest BCUT2D eigenvalue weighted by Crippen LogP contribution is 2.21. The van der Waals surface area contributed by atoms with E-state index in [0.717, 1.165) is 12.2 Å². The zero-order valence-corrected chi connectivity index (χ0v) is 8.44. The smallest absolute Gasteiger partial charge is 0.148 e. The first-order valence-electron chi connectivity index (χ1n) is 4.80. The number of imidazole rings is 1. The molecule has 0 bridgehead atoms. The molecule has 0 saturated heterocycles. The summed E-state index contributed by atoms with van der Waals surface area (Å²) >= 11 is 0. The molecule has 78 valence electrons. The number of rotatable bonds is 2. The fourth-order valence-corrected chi connectivity index (χ4v) is 1.55. The Morgan fingerprint density at radius 3 is 3.00 bits per heavy atom. The maximum Gasteiger partial charge on any atom is 0.148 e. The Hall–Kier alpha value is -1.84. The Morgan fingerprint density at radius 1 is 1.47 bits per heavy atom. The molecule has 0 fully saturated rings. The summed E-state index contributed by atoms with van der Waals surface area (Å²) in [5, 5.41) is 0. The Morgan fingerprint density at radius 2 is 2.27 bits per heavy atom. The SMILES string of the molecule is CCc1nccn1-c1cccc(F)c1N. The second kappa shape index (κ2) is 3.73. The van der Waals surface area contributed by atoms with Crippen LogP contribution in [0.25, 0.3) is 5.69 Å². The molecule has 0 saturated carbocycles. The van der Waals surface area contributed by atoms with Crippen LogP contribution in [0.5, 0.6) is 0 Å². The normalized spacial score (nSPS) is 10.5. The van der Waals surface area contributed by atoms with Crippen LogP contribution >= 0.6 is 0 Å². The van der Waals surface area contributed by atoms with Crippen molar-refractivity contribution in [1.29, 1.82) is 0 Å². The molecule has 1 aromatic heterocycles. The minimum absolute atomic E-state index is 0.158. The maximum absolute atomic E-state index is 13.2. The summed E-state index contributed by atoms with van der Waals surface area (Å²) in [5.74, 6) is 0.468. The molecule has 0 aliphatic carbocycles. The van der Waals surface area contributed by atoms with Gasteiger partial charge in [0.15, 0.2) is 0 Å². The van der Waals surface area contributed by atoms with Crippen LogP contribution in [-0.4, -0.2) is 9.55 Å². The molecule has 4 heteroatoms. The lowest BCUT2D eigenvalue weighted by atomic mass is 10.2. The van der Waals surface area contributed by atoms with Gasteiger partial charge in [0, 0.05) is 18.8 Å². The number of hydrogen-bond donors (Lipinski definition) is 1. The molecule has 0 aliphatic heterocycles. The third-order valence-electron chi connectivity index (χ3n) is 2.32. The van der Waals surface area contributed by atoms with E-state index in [2.05, 4.69) is 4.98 Å². The van der Waals surface area contributed by atoms with Gasteiger partial charge >= 0.3 is 0 Å². The first-order chi connectivity index (χ1) is 7.24. The quantitative estimate of drug-likeness (QED) is 0.763. The molecule has 15 heavy (non-hydrogen) atoms. The average molecular weight is 205 g/mol. The van der Waals surface area contributed by atoms with Crippen molar-refractivity contribution in [2.45, 2.75) is 13.3 Å². The molecule has 0 spiro atoms. The highest BCUT2D eigenvalue weighted by molar-refractivity contribution is 5.58. The number of benzene rings is 1. The van der Waals surface area contributed by atoms with Gasteiger partial charge in [-0.05, 0) is 12.1 Å². The van der Waals surface area contributed by atoms with Crippen LogP contribution < -0.4 is 5.73 Å². The lowest BCUT2D eigenvalue weighted by Crippen LogP contribution is -2.04. The Kier molecular flexibility index (Phi) is 2.41. The number of nitrogens with two attached hydrogens (primary N) is 1. The lowest BCUT2D eigenvalue weighted by molar-refractivity contribution is 0.631. The van der Waals surface area contributed by atoms with Crippen molar-refractivity contribution in [2.24, 2.45) is 0 Å². The van der Waals surface area contributed by atoms with E-state index < -0.39 is 5.82 Å². The van der Waals surface area contributed by atoms with Crippen molar-refractivity contribution in [3.8, 4) is 5.69 Å². The van der Waals surface area contributed by atoms with Gasteiger partial charge < -0.3 is 10.3 Å². The third-order valence-corrected chi connectivity index (χ3v) is 2.32. The molecule has 0 unspecified atom stereocenters. The van der Waals surface area contributed by atoms with E-state index in [9.17, 15) is 4.39 Å². The molecule has 0 amide bonds. The number of aryl methyl sites for hydroxylation is 1. The van der Waals surface area contributed by atoms with Crippen molar-refractivity contribution < 1.29 is 4.39 Å². The predicted octanol–water partition coefficient (Wildman–Crippen LogP) is 2.16. The minimum atomic E-state index is -0.400. The van der Waals surface area contributed by atoms with Crippen molar-refractivity contribution in [1.82, 2.24) is 9.55 Å². The molecule has 0 radical (unpaired) electrons. The van der Waals surface area contributed by atoms with E-state index in [1.54, 1.807) is 29.1 Å². The van der Waals surface area contributed by atoms with Gasteiger partial charge in [0.1, 0.15) is 11.6 Å². The monoisotopic (exact) mass is 205 g/mol. The van der Waals surface area contributed by atoms with Crippen LogP contribution in [-0.2, 0) is 6.42 Å². The molecule has 3 nitrogen and oxygen atoms in total. The summed E-state index contributed by atoms with van der Waals surface area (Å²) in [4.78, 5) is 4.17. The summed E-state index contributed by atoms with van der Waals surface area (Å²) in [6.07, 6.45) is 4.25. The summed E-state index contributed by atoms with van der Waals surface area (Å²) in [6.45, 7) is 1.99. The Bertz CT molecular complexity index is 476. The van der Waals surface area contributed by atoms with Crippen molar-refractivity contribution in [2.75, 3.05) is 5.73 Å². The average Bonchev–Trinajstić information content (AvgIpc) is 2.70. The predicted molar refractivity (Wildman–Crippen MR) is 57.3 cm³/mol. The molecular weight excluding hydrogens is 193 g/mol. The number of halogens is 1. The van der Waals surface area contributed by atoms with E-state index in [-0.39, 0.29) is 5.69 Å². The van der Waals surface area contributed by atoms with Crippen LogP contribution in [0.1, 0.15) is 12.7 Å². The molecule has 0 aliphatic rings. The fraction of sp³-hybridized carbons (Fsp3) is 0.182. The van der Waals surface area contributed by atoms with Crippen molar-refractivity contribution in [3.63, 3.8) is 0 Å². The number of anilines is 1. The van der Waals surface area contributed by atoms with Crippen LogP contribution in [0.2, 0.25) is 0 Å². The lowest BCUT2D eigenvalue weighted by Gasteiger charge is -2.09. The van der Waals surface area contributed by atoms with Gasteiger partial charge in [-0.25, -0.2) is 9.37 Å². The first kappa shape index (κ1) is 9.71. The number of hydrogen-bond acceptors (Lipinski definition) is 2. The highest BCUT2D eigenvalue weighted by Gasteiger charge is 2.08. The topological polar surface area (TPSA) is 43.8 Å². The molecule has 2 N–H and O–H groups in total. The third kappa shape index (κ3) is 1.58. The number of aromatic nitrogens is 2. The first-order valence-corrected chi connectivity index (χ1v) is 4.80. The summed E-state index contributed by atoms with van der Waals surface area (Å²) in [6, 6.07) is 4.76. The van der Waals surface area contributed by atoms with Crippen LogP contribution in [0.3, 0.4) is 0 Å². The summed E-state index contributed by atoms with van der Waals surface area (Å²) in [5.41, 5.74) is 6.47. The van der Waals surface area contributed by atoms with Gasteiger partial charge in [-0.3, -0.25) is 0 Å². The van der Waals surface area contributed by atoms with Gasteiger partial charge in [-0.15, -0.1) is 0 Å². The Labute approximate surface area is 87.4 Å². The van der Waals surface area contributed by atoms with Gasteiger partial charge in [0.2, 0.25) is 0 Å². The van der Waals surface area contributed by atoms with Crippen molar-refractivity contribution >= 4 is 5.69 Å². The van der Waals surface area contributed by atoms with Crippen LogP contribution in [0.4, 0.5) is 10.1 Å². The second-order valence-electron chi connectivity index (χ2n) is 3.24. The fourth-order valence-electron chi connectivity index (χ4n) is 1.55. The van der Waals surface area contributed by atoms with Crippen LogP contribution in [0, 0.1) is 5.82 Å². The Balaban J connectivity index is 2.59. The standard InChI is InChI=1S/C11H12FN3/c1-2-10-14-6-7-15(10)9-5-3-4-8(12)11(9)13/h3-7H,2,13H2,1H3. The minimum Gasteiger partial charge on any atom is -0.395 e. The van der Waals surface area contributed by atoms with E-state index >= 15 is 0 Å². The number of para-hydroxylation sites is 1. The zero-order valence-electron chi connectivity index (χ0n) is 8.44. The molecule has 0 atom stereocenters. The number of nitrogens with zero attached hydrogens (tertiary/aromatic N) is 2. The molecule has 2 rings (SSSR count). The highest BCUT2D eigenvalue weighted by atomic mass is 19.1. The molecular formula is C11H12FN3. The van der Waals surface area contributed by atoms with E-state index in [1.807, 2.05) is 6.92 Å². The molecule has 2 aromatic rings. The summed E-state index contributed by atoms with van der Waals surface area (Å²) < 4.78 is 15.1. The zero-order chi connectivity index (χ0) is 10.8. The van der Waals surface area contributed by atoms with Crippen LogP contribution in [0.15, 0.2) is 30.6 Å². The van der Waals surface area contributed by atoms with Gasteiger partial charge in [0.25, 0.3) is 0 Å². The van der Waals surface area contributed by atoms with Gasteiger partial charge in [-0.1, -0.05) is 13.0 Å². The molecule has 1 aromatic carbocycles. The largest absolute Gasteiger partial charge is 0.395 e. The van der Waals surface area contributed by atoms with Gasteiger partial charge in [-0.2, -0.15) is 0 Å². The number of nitrogen functional groups attached to an aromatic ring is 1. The van der Waals surface area contributed by atoms with Gasteiger partial charge in [0.05, 0.1) is 11.4 Å².